The lowest BCUT2D eigenvalue weighted by Crippen LogP contribution is -2.60. The van der Waals surface area contributed by atoms with E-state index in [-0.39, 0.29) is 0 Å². The SMILES string of the molecule is COc1ccc(O[C@@H]2OC(CO)[C@@H](O)C(O)[C@@H]2O)cc1. The molecule has 1 aliphatic heterocycles. The minimum absolute atomic E-state index is 0.398. The topological polar surface area (TPSA) is 109 Å². The van der Waals surface area contributed by atoms with Crippen molar-refractivity contribution in [1.82, 2.24) is 0 Å². The van der Waals surface area contributed by atoms with Gasteiger partial charge in [-0.15, -0.1) is 0 Å². The molecule has 0 saturated carbocycles. The Morgan fingerprint density at radius 3 is 2.15 bits per heavy atom. The second-order valence-corrected chi connectivity index (χ2v) is 4.49. The van der Waals surface area contributed by atoms with Crippen LogP contribution in [-0.4, -0.2) is 64.8 Å². The number of hydrogen-bond acceptors (Lipinski definition) is 7. The molecule has 1 aromatic carbocycles. The van der Waals surface area contributed by atoms with Gasteiger partial charge in [-0.05, 0) is 24.3 Å². The van der Waals surface area contributed by atoms with Gasteiger partial charge in [-0.25, -0.2) is 0 Å². The van der Waals surface area contributed by atoms with Crippen LogP contribution in [0.2, 0.25) is 0 Å². The van der Waals surface area contributed by atoms with E-state index >= 15 is 0 Å². The molecule has 1 saturated heterocycles. The standard InChI is InChI=1S/C13H18O7/c1-18-7-2-4-8(5-3-7)19-13-12(17)11(16)10(15)9(6-14)20-13/h2-5,9-17H,6H2,1H3/t9?,10-,11?,12+,13-/m1/s1. The zero-order chi connectivity index (χ0) is 14.7. The van der Waals surface area contributed by atoms with Gasteiger partial charge >= 0.3 is 0 Å². The number of ether oxygens (including phenoxy) is 3. The summed E-state index contributed by atoms with van der Waals surface area (Å²) in [7, 11) is 1.54. The number of hydrogen-bond donors (Lipinski definition) is 4. The quantitative estimate of drug-likeness (QED) is 0.555. The molecule has 0 bridgehead atoms. The first kappa shape index (κ1) is 15.0. The van der Waals surface area contributed by atoms with Crippen LogP contribution >= 0.6 is 0 Å². The molecule has 1 fully saturated rings. The van der Waals surface area contributed by atoms with Crippen LogP contribution in [0.3, 0.4) is 0 Å². The summed E-state index contributed by atoms with van der Waals surface area (Å²) in [5, 5.41) is 38.2. The average Bonchev–Trinajstić information content (AvgIpc) is 2.48. The van der Waals surface area contributed by atoms with E-state index in [2.05, 4.69) is 0 Å². The Morgan fingerprint density at radius 2 is 1.60 bits per heavy atom. The van der Waals surface area contributed by atoms with Crippen LogP contribution in [-0.2, 0) is 4.74 Å². The van der Waals surface area contributed by atoms with Crippen molar-refractivity contribution in [3.63, 3.8) is 0 Å². The zero-order valence-electron chi connectivity index (χ0n) is 10.9. The van der Waals surface area contributed by atoms with Crippen LogP contribution in [0.25, 0.3) is 0 Å². The third-order valence-corrected chi connectivity index (χ3v) is 3.16. The highest BCUT2D eigenvalue weighted by atomic mass is 16.7. The van der Waals surface area contributed by atoms with Crippen LogP contribution in [0.5, 0.6) is 11.5 Å². The maximum absolute atomic E-state index is 9.82. The molecular weight excluding hydrogens is 268 g/mol. The van der Waals surface area contributed by atoms with Gasteiger partial charge in [0, 0.05) is 0 Å². The number of benzene rings is 1. The van der Waals surface area contributed by atoms with Crippen molar-refractivity contribution >= 4 is 0 Å². The van der Waals surface area contributed by atoms with E-state index in [4.69, 9.17) is 19.3 Å². The van der Waals surface area contributed by atoms with Gasteiger partial charge in [0.1, 0.15) is 35.9 Å². The van der Waals surface area contributed by atoms with Crippen molar-refractivity contribution in [2.75, 3.05) is 13.7 Å². The predicted octanol–water partition coefficient (Wildman–Crippen LogP) is -1.13. The molecule has 0 aliphatic carbocycles. The Labute approximate surface area is 115 Å². The summed E-state index contributed by atoms with van der Waals surface area (Å²) in [6.07, 6.45) is -6.44. The zero-order valence-corrected chi connectivity index (χ0v) is 10.9. The van der Waals surface area contributed by atoms with E-state index in [9.17, 15) is 15.3 Å². The van der Waals surface area contributed by atoms with Crippen molar-refractivity contribution < 1.29 is 34.6 Å². The summed E-state index contributed by atoms with van der Waals surface area (Å²) in [6.45, 7) is -0.493. The molecule has 1 aromatic rings. The molecule has 0 aromatic heterocycles. The summed E-state index contributed by atoms with van der Waals surface area (Å²) in [5.41, 5.74) is 0. The van der Waals surface area contributed by atoms with Crippen molar-refractivity contribution in [1.29, 1.82) is 0 Å². The summed E-state index contributed by atoms with van der Waals surface area (Å²) in [4.78, 5) is 0. The van der Waals surface area contributed by atoms with Gasteiger partial charge in [-0.1, -0.05) is 0 Å². The molecule has 7 nitrogen and oxygen atoms in total. The lowest BCUT2D eigenvalue weighted by Gasteiger charge is -2.39. The smallest absolute Gasteiger partial charge is 0.229 e. The average molecular weight is 286 g/mol. The van der Waals surface area contributed by atoms with Gasteiger partial charge in [0.05, 0.1) is 13.7 Å². The molecule has 7 heteroatoms. The second-order valence-electron chi connectivity index (χ2n) is 4.49. The first-order chi connectivity index (χ1) is 9.56. The van der Waals surface area contributed by atoms with Crippen LogP contribution in [0.4, 0.5) is 0 Å². The molecular formula is C13H18O7. The molecule has 2 unspecified atom stereocenters. The monoisotopic (exact) mass is 286 g/mol. The summed E-state index contributed by atoms with van der Waals surface area (Å²) < 4.78 is 15.6. The van der Waals surface area contributed by atoms with Crippen molar-refractivity contribution in [2.24, 2.45) is 0 Å². The maximum atomic E-state index is 9.82. The van der Waals surface area contributed by atoms with Gasteiger partial charge in [0.2, 0.25) is 6.29 Å². The molecule has 1 heterocycles. The van der Waals surface area contributed by atoms with E-state index < -0.39 is 37.3 Å². The molecule has 0 amide bonds. The second kappa shape index (κ2) is 6.38. The van der Waals surface area contributed by atoms with Gasteiger partial charge in [0.15, 0.2) is 0 Å². The van der Waals surface area contributed by atoms with E-state index in [0.717, 1.165) is 0 Å². The highest BCUT2D eigenvalue weighted by Crippen LogP contribution is 2.25. The molecule has 2 rings (SSSR count). The summed E-state index contributed by atoms with van der Waals surface area (Å²) >= 11 is 0. The van der Waals surface area contributed by atoms with Gasteiger partial charge in [-0.3, -0.25) is 0 Å². The minimum atomic E-state index is -1.45. The Morgan fingerprint density at radius 1 is 1.00 bits per heavy atom. The normalized spacial score (nSPS) is 33.8. The van der Waals surface area contributed by atoms with Crippen LogP contribution in [0.15, 0.2) is 24.3 Å². The molecule has 20 heavy (non-hydrogen) atoms. The van der Waals surface area contributed by atoms with Crippen LogP contribution in [0.1, 0.15) is 0 Å². The first-order valence-corrected chi connectivity index (χ1v) is 6.18. The molecule has 0 spiro atoms. The fourth-order valence-electron chi connectivity index (χ4n) is 1.95. The Bertz CT molecular complexity index is 419. The number of aliphatic hydroxyl groups excluding tert-OH is 4. The Balaban J connectivity index is 2.06. The fourth-order valence-corrected chi connectivity index (χ4v) is 1.95. The maximum Gasteiger partial charge on any atom is 0.229 e. The predicted molar refractivity (Wildman–Crippen MR) is 67.4 cm³/mol. The molecule has 4 N–H and O–H groups in total. The van der Waals surface area contributed by atoms with E-state index in [1.165, 1.54) is 7.11 Å². The Kier molecular flexibility index (Phi) is 4.79. The van der Waals surface area contributed by atoms with Crippen LogP contribution < -0.4 is 9.47 Å². The van der Waals surface area contributed by atoms with Gasteiger partial charge < -0.3 is 34.6 Å². The highest BCUT2D eigenvalue weighted by Gasteiger charge is 2.44. The van der Waals surface area contributed by atoms with Gasteiger partial charge in [-0.2, -0.15) is 0 Å². The highest BCUT2D eigenvalue weighted by molar-refractivity contribution is 5.31. The largest absolute Gasteiger partial charge is 0.497 e. The molecule has 5 atom stereocenters. The summed E-state index contributed by atoms with van der Waals surface area (Å²) in [5.74, 6) is 1.04. The third kappa shape index (κ3) is 3.02. The molecule has 0 radical (unpaired) electrons. The van der Waals surface area contributed by atoms with Gasteiger partial charge in [0.25, 0.3) is 0 Å². The number of methoxy groups -OCH3 is 1. The fraction of sp³-hybridized carbons (Fsp3) is 0.538. The molecule has 112 valence electrons. The van der Waals surface area contributed by atoms with E-state index in [0.29, 0.717) is 11.5 Å². The lowest BCUT2D eigenvalue weighted by atomic mass is 9.99. The number of rotatable bonds is 4. The van der Waals surface area contributed by atoms with Crippen molar-refractivity contribution in [3.05, 3.63) is 24.3 Å². The van der Waals surface area contributed by atoms with Crippen molar-refractivity contribution in [2.45, 2.75) is 30.7 Å². The summed E-state index contributed by atoms with van der Waals surface area (Å²) in [6, 6.07) is 6.55. The van der Waals surface area contributed by atoms with E-state index in [1.807, 2.05) is 0 Å². The number of aliphatic hydroxyl groups is 4. The minimum Gasteiger partial charge on any atom is -0.497 e. The molecule has 1 aliphatic rings. The third-order valence-electron chi connectivity index (χ3n) is 3.16. The van der Waals surface area contributed by atoms with E-state index in [1.54, 1.807) is 24.3 Å². The van der Waals surface area contributed by atoms with Crippen LogP contribution in [0, 0.1) is 0 Å². The van der Waals surface area contributed by atoms with Crippen molar-refractivity contribution in [3.8, 4) is 11.5 Å². The first-order valence-electron chi connectivity index (χ1n) is 6.18. The Hall–Kier alpha value is -1.38. The lowest BCUT2D eigenvalue weighted by molar-refractivity contribution is -0.277.